The SMILES string of the molecule is O=C(O)c1oc(=C(O)O)c(=C(O)O)c1C(=O)O. The summed E-state index contributed by atoms with van der Waals surface area (Å²) in [6, 6.07) is 0. The molecular weight excluding hydrogens is 240 g/mol. The Kier molecular flexibility index (Phi) is 2.85. The molecule has 0 saturated carbocycles. The van der Waals surface area contributed by atoms with Gasteiger partial charge in [-0.05, 0) is 0 Å². The van der Waals surface area contributed by atoms with Crippen LogP contribution in [-0.2, 0) is 0 Å². The Morgan fingerprint density at radius 3 is 1.65 bits per heavy atom. The fraction of sp³-hybridized carbons (Fsp3) is 0. The average molecular weight is 246 g/mol. The molecule has 1 aromatic rings. The number of carbonyl (C=O) groups is 2. The number of furan rings is 1. The summed E-state index contributed by atoms with van der Waals surface area (Å²) >= 11 is 0. The molecule has 0 fully saturated rings. The lowest BCUT2D eigenvalue weighted by molar-refractivity contribution is 0.0623. The van der Waals surface area contributed by atoms with Gasteiger partial charge in [-0.1, -0.05) is 0 Å². The Balaban J connectivity index is 4.05. The summed E-state index contributed by atoms with van der Waals surface area (Å²) in [5.41, 5.74) is -2.17. The molecule has 0 aliphatic rings. The van der Waals surface area contributed by atoms with Crippen LogP contribution in [0.2, 0.25) is 0 Å². The van der Waals surface area contributed by atoms with E-state index in [1.807, 2.05) is 0 Å². The molecule has 0 bridgehead atoms. The summed E-state index contributed by atoms with van der Waals surface area (Å²) in [4.78, 5) is 21.4. The van der Waals surface area contributed by atoms with Crippen LogP contribution in [0.4, 0.5) is 0 Å². The van der Waals surface area contributed by atoms with Crippen molar-refractivity contribution in [3.05, 3.63) is 22.0 Å². The summed E-state index contributed by atoms with van der Waals surface area (Å²) in [5, 5.41) is 51.3. The van der Waals surface area contributed by atoms with Crippen molar-refractivity contribution >= 4 is 23.8 Å². The van der Waals surface area contributed by atoms with Crippen molar-refractivity contribution in [1.82, 2.24) is 0 Å². The minimum absolute atomic E-state index is 1.03. The molecule has 0 amide bonds. The highest BCUT2D eigenvalue weighted by Gasteiger charge is 2.27. The number of rotatable bonds is 2. The van der Waals surface area contributed by atoms with Gasteiger partial charge in [-0.3, -0.25) is 0 Å². The molecule has 0 aliphatic carbocycles. The summed E-state index contributed by atoms with van der Waals surface area (Å²) in [6.07, 6.45) is 0. The lowest BCUT2D eigenvalue weighted by atomic mass is 10.2. The highest BCUT2D eigenvalue weighted by atomic mass is 16.5. The van der Waals surface area contributed by atoms with Gasteiger partial charge in [0, 0.05) is 0 Å². The first-order chi connectivity index (χ1) is 7.77. The summed E-state index contributed by atoms with van der Waals surface area (Å²) in [6.45, 7) is 0. The number of hydrogen-bond acceptors (Lipinski definition) is 7. The van der Waals surface area contributed by atoms with Crippen LogP contribution in [0.15, 0.2) is 4.42 Å². The molecule has 9 nitrogen and oxygen atoms in total. The highest BCUT2D eigenvalue weighted by Crippen LogP contribution is 2.03. The second kappa shape index (κ2) is 3.96. The van der Waals surface area contributed by atoms with Crippen LogP contribution >= 0.6 is 0 Å². The van der Waals surface area contributed by atoms with Crippen LogP contribution in [-0.4, -0.2) is 42.6 Å². The summed E-state index contributed by atoms with van der Waals surface area (Å²) in [5.74, 6) is -8.03. The molecule has 1 heterocycles. The maximum Gasteiger partial charge on any atom is 0.372 e. The van der Waals surface area contributed by atoms with Crippen molar-refractivity contribution in [2.45, 2.75) is 0 Å². The van der Waals surface area contributed by atoms with Gasteiger partial charge in [0.2, 0.25) is 11.2 Å². The predicted molar refractivity (Wildman–Crippen MR) is 49.2 cm³/mol. The Labute approximate surface area is 91.4 Å². The van der Waals surface area contributed by atoms with E-state index in [0.29, 0.717) is 0 Å². The minimum Gasteiger partial charge on any atom is -0.481 e. The molecule has 0 aromatic carbocycles. The smallest absolute Gasteiger partial charge is 0.372 e. The average Bonchev–Trinajstić information content (AvgIpc) is 2.56. The van der Waals surface area contributed by atoms with Gasteiger partial charge in [0.05, 0.1) is 0 Å². The Morgan fingerprint density at radius 2 is 1.35 bits per heavy atom. The van der Waals surface area contributed by atoms with Gasteiger partial charge < -0.3 is 35.1 Å². The maximum atomic E-state index is 10.8. The van der Waals surface area contributed by atoms with Crippen LogP contribution in [0, 0.1) is 0 Å². The topological polar surface area (TPSA) is 169 Å². The summed E-state index contributed by atoms with van der Waals surface area (Å²) in [7, 11) is 0. The lowest BCUT2D eigenvalue weighted by Gasteiger charge is -1.91. The van der Waals surface area contributed by atoms with Gasteiger partial charge >= 0.3 is 17.9 Å². The monoisotopic (exact) mass is 246 g/mol. The van der Waals surface area contributed by atoms with Crippen molar-refractivity contribution in [2.75, 3.05) is 0 Å². The lowest BCUT2D eigenvalue weighted by Crippen LogP contribution is -2.30. The normalized spacial score (nSPS) is 9.88. The van der Waals surface area contributed by atoms with Crippen LogP contribution < -0.4 is 10.6 Å². The first kappa shape index (κ1) is 12.2. The molecule has 0 aliphatic heterocycles. The zero-order valence-electron chi connectivity index (χ0n) is 7.91. The van der Waals surface area contributed by atoms with E-state index in [9.17, 15) is 9.59 Å². The van der Waals surface area contributed by atoms with E-state index in [2.05, 4.69) is 4.42 Å². The van der Waals surface area contributed by atoms with Crippen molar-refractivity contribution in [3.8, 4) is 0 Å². The largest absolute Gasteiger partial charge is 0.481 e. The third-order valence-electron chi connectivity index (χ3n) is 1.74. The van der Waals surface area contributed by atoms with Gasteiger partial charge in [-0.15, -0.1) is 0 Å². The van der Waals surface area contributed by atoms with E-state index in [1.165, 1.54) is 0 Å². The number of carboxylic acid groups (broad SMARTS) is 2. The van der Waals surface area contributed by atoms with Gasteiger partial charge in [-0.2, -0.15) is 0 Å². The number of aliphatic hydroxyl groups excluding tert-OH is 2. The van der Waals surface area contributed by atoms with E-state index in [0.717, 1.165) is 0 Å². The molecule has 17 heavy (non-hydrogen) atoms. The first-order valence-corrected chi connectivity index (χ1v) is 3.91. The Morgan fingerprint density at radius 1 is 0.824 bits per heavy atom. The molecule has 0 unspecified atom stereocenters. The molecule has 0 atom stereocenters. The van der Waals surface area contributed by atoms with E-state index >= 15 is 0 Å². The number of aromatic carboxylic acids is 2. The second-order valence-electron chi connectivity index (χ2n) is 2.77. The minimum atomic E-state index is -1.84. The maximum absolute atomic E-state index is 10.8. The quantitative estimate of drug-likeness (QED) is 0.384. The molecule has 0 spiro atoms. The number of aliphatic hydroxyl groups is 4. The fourth-order valence-electron chi connectivity index (χ4n) is 1.16. The zero-order valence-corrected chi connectivity index (χ0v) is 7.91. The van der Waals surface area contributed by atoms with Gasteiger partial charge in [-0.25, -0.2) is 9.59 Å². The van der Waals surface area contributed by atoms with Gasteiger partial charge in [0.15, 0.2) is 0 Å². The number of hydrogen-bond donors (Lipinski definition) is 6. The molecular formula is C8H6O9. The van der Waals surface area contributed by atoms with E-state index in [-0.39, 0.29) is 0 Å². The van der Waals surface area contributed by atoms with Crippen molar-refractivity contribution < 1.29 is 44.6 Å². The second-order valence-corrected chi connectivity index (χ2v) is 2.77. The van der Waals surface area contributed by atoms with Crippen molar-refractivity contribution in [2.24, 2.45) is 0 Å². The van der Waals surface area contributed by atoms with Crippen LogP contribution in [0.5, 0.6) is 0 Å². The standard InChI is InChI=1S/C8H6O9/c9-5(10)1-2(6(11)12)4(8(15)16)17-3(1)7(13)14/h9-10,13-14H,(H,11,12)(H,15,16). The van der Waals surface area contributed by atoms with E-state index < -0.39 is 45.8 Å². The Hall–Kier alpha value is -2.84. The van der Waals surface area contributed by atoms with E-state index in [1.54, 1.807) is 0 Å². The molecule has 1 rings (SSSR count). The van der Waals surface area contributed by atoms with Crippen molar-refractivity contribution in [3.63, 3.8) is 0 Å². The third-order valence-corrected chi connectivity index (χ3v) is 1.74. The highest BCUT2D eigenvalue weighted by molar-refractivity contribution is 6.00. The van der Waals surface area contributed by atoms with Crippen LogP contribution in [0.3, 0.4) is 0 Å². The fourth-order valence-corrected chi connectivity index (χ4v) is 1.16. The van der Waals surface area contributed by atoms with Crippen LogP contribution in [0.25, 0.3) is 11.9 Å². The molecule has 0 radical (unpaired) electrons. The molecule has 0 saturated heterocycles. The van der Waals surface area contributed by atoms with Crippen molar-refractivity contribution in [1.29, 1.82) is 0 Å². The van der Waals surface area contributed by atoms with Gasteiger partial charge in [0.25, 0.3) is 5.95 Å². The van der Waals surface area contributed by atoms with Gasteiger partial charge in [0.1, 0.15) is 10.8 Å². The Bertz CT molecular complexity index is 598. The molecule has 92 valence electrons. The molecule has 6 N–H and O–H groups in total. The summed E-state index contributed by atoms with van der Waals surface area (Å²) < 4.78 is 4.33. The number of carboxylic acids is 2. The van der Waals surface area contributed by atoms with Crippen LogP contribution in [0.1, 0.15) is 20.9 Å². The predicted octanol–water partition coefficient (Wildman–Crippen LogP) is -0.961. The molecule has 9 heteroatoms. The zero-order chi connectivity index (χ0) is 13.3. The first-order valence-electron chi connectivity index (χ1n) is 3.91. The third kappa shape index (κ3) is 1.93. The molecule has 1 aromatic heterocycles. The van der Waals surface area contributed by atoms with E-state index in [4.69, 9.17) is 30.6 Å².